The van der Waals surface area contributed by atoms with Crippen LogP contribution >= 0.6 is 0 Å². The molecule has 0 bridgehead atoms. The summed E-state index contributed by atoms with van der Waals surface area (Å²) in [4.78, 5) is 37.3. The number of carbonyl (C=O) groups is 3. The first-order valence-electron chi connectivity index (χ1n) is 8.47. The standard InChI is InChI=1S/C18H25N3O3/c1-3-10-19-18(24)13(2)20-16(22)12-14-6-8-15(9-7-14)21-11-4-5-17(21)23/h6-9,13H,3-5,10-12H2,1-2H3,(H,19,24)(H,20,22)/t13-/m1/s1. The fourth-order valence-electron chi connectivity index (χ4n) is 2.66. The maximum absolute atomic E-state index is 12.0. The van der Waals surface area contributed by atoms with Crippen molar-refractivity contribution in [2.75, 3.05) is 18.0 Å². The van der Waals surface area contributed by atoms with Crippen LogP contribution in [0.25, 0.3) is 0 Å². The molecule has 1 atom stereocenters. The number of hydrogen-bond donors (Lipinski definition) is 2. The van der Waals surface area contributed by atoms with Gasteiger partial charge in [-0.2, -0.15) is 0 Å². The molecule has 0 spiro atoms. The van der Waals surface area contributed by atoms with Gasteiger partial charge in [0.05, 0.1) is 6.42 Å². The van der Waals surface area contributed by atoms with Gasteiger partial charge in [-0.3, -0.25) is 14.4 Å². The molecule has 130 valence electrons. The first-order chi connectivity index (χ1) is 11.5. The van der Waals surface area contributed by atoms with Crippen LogP contribution in [0.3, 0.4) is 0 Å². The van der Waals surface area contributed by atoms with Crippen LogP contribution in [0.1, 0.15) is 38.7 Å². The van der Waals surface area contributed by atoms with Crippen LogP contribution in [0.4, 0.5) is 5.69 Å². The van der Waals surface area contributed by atoms with Gasteiger partial charge in [0.25, 0.3) is 0 Å². The van der Waals surface area contributed by atoms with E-state index >= 15 is 0 Å². The average molecular weight is 331 g/mol. The van der Waals surface area contributed by atoms with Gasteiger partial charge in [-0.15, -0.1) is 0 Å². The number of nitrogens with one attached hydrogen (secondary N) is 2. The molecule has 1 fully saturated rings. The van der Waals surface area contributed by atoms with E-state index in [0.29, 0.717) is 13.0 Å². The number of anilines is 1. The van der Waals surface area contributed by atoms with Gasteiger partial charge >= 0.3 is 0 Å². The van der Waals surface area contributed by atoms with Gasteiger partial charge < -0.3 is 15.5 Å². The van der Waals surface area contributed by atoms with Crippen molar-refractivity contribution < 1.29 is 14.4 Å². The lowest BCUT2D eigenvalue weighted by molar-refractivity contribution is -0.128. The molecule has 1 saturated heterocycles. The maximum atomic E-state index is 12.0. The molecular weight excluding hydrogens is 306 g/mol. The van der Waals surface area contributed by atoms with Crippen LogP contribution in [0, 0.1) is 0 Å². The molecule has 6 nitrogen and oxygen atoms in total. The van der Waals surface area contributed by atoms with Gasteiger partial charge in [0.1, 0.15) is 6.04 Å². The molecular formula is C18H25N3O3. The second-order valence-corrected chi connectivity index (χ2v) is 6.07. The predicted molar refractivity (Wildman–Crippen MR) is 92.6 cm³/mol. The number of amides is 3. The maximum Gasteiger partial charge on any atom is 0.242 e. The summed E-state index contributed by atoms with van der Waals surface area (Å²) in [7, 11) is 0. The molecule has 0 unspecified atom stereocenters. The Balaban J connectivity index is 1.85. The summed E-state index contributed by atoms with van der Waals surface area (Å²) in [5, 5.41) is 5.45. The highest BCUT2D eigenvalue weighted by Gasteiger charge is 2.21. The van der Waals surface area contributed by atoms with Crippen LogP contribution in [0.5, 0.6) is 0 Å². The Morgan fingerprint density at radius 3 is 2.54 bits per heavy atom. The van der Waals surface area contributed by atoms with E-state index in [1.54, 1.807) is 11.8 Å². The Labute approximate surface area is 142 Å². The first-order valence-corrected chi connectivity index (χ1v) is 8.47. The van der Waals surface area contributed by atoms with Crippen molar-refractivity contribution in [3.63, 3.8) is 0 Å². The van der Waals surface area contributed by atoms with Crippen molar-refractivity contribution in [1.82, 2.24) is 10.6 Å². The molecule has 0 aromatic heterocycles. The van der Waals surface area contributed by atoms with Crippen molar-refractivity contribution in [2.24, 2.45) is 0 Å². The van der Waals surface area contributed by atoms with Gasteiger partial charge in [0, 0.05) is 25.2 Å². The molecule has 3 amide bonds. The van der Waals surface area contributed by atoms with Crippen molar-refractivity contribution in [3.05, 3.63) is 29.8 Å². The normalized spacial score (nSPS) is 15.2. The van der Waals surface area contributed by atoms with Crippen molar-refractivity contribution in [3.8, 4) is 0 Å². The molecule has 1 heterocycles. The Kier molecular flexibility index (Phi) is 6.35. The zero-order chi connectivity index (χ0) is 17.5. The summed E-state index contributed by atoms with van der Waals surface area (Å²) in [6.07, 6.45) is 2.56. The number of rotatable bonds is 7. The zero-order valence-corrected chi connectivity index (χ0v) is 14.3. The first kappa shape index (κ1) is 18.0. The van der Waals surface area contributed by atoms with Crippen LogP contribution in [0.15, 0.2) is 24.3 Å². The Bertz CT molecular complexity index is 598. The second kappa shape index (κ2) is 8.47. The number of nitrogens with zero attached hydrogens (tertiary/aromatic N) is 1. The number of hydrogen-bond acceptors (Lipinski definition) is 3. The molecule has 1 aliphatic rings. The summed E-state index contributed by atoms with van der Waals surface area (Å²) in [6.45, 7) is 5.01. The monoisotopic (exact) mass is 331 g/mol. The molecule has 6 heteroatoms. The molecule has 0 saturated carbocycles. The van der Waals surface area contributed by atoms with E-state index in [1.807, 2.05) is 31.2 Å². The molecule has 1 aromatic rings. The largest absolute Gasteiger partial charge is 0.354 e. The van der Waals surface area contributed by atoms with Gasteiger partial charge in [-0.25, -0.2) is 0 Å². The third-order valence-electron chi connectivity index (χ3n) is 4.01. The smallest absolute Gasteiger partial charge is 0.242 e. The third-order valence-corrected chi connectivity index (χ3v) is 4.01. The summed E-state index contributed by atoms with van der Waals surface area (Å²) in [5.41, 5.74) is 1.72. The number of carbonyl (C=O) groups excluding carboxylic acids is 3. The van der Waals surface area contributed by atoms with E-state index in [1.165, 1.54) is 0 Å². The lowest BCUT2D eigenvalue weighted by Gasteiger charge is -2.16. The summed E-state index contributed by atoms with van der Waals surface area (Å²) in [5.74, 6) is -0.223. The van der Waals surface area contributed by atoms with Crippen molar-refractivity contribution >= 4 is 23.4 Å². The Morgan fingerprint density at radius 2 is 1.96 bits per heavy atom. The van der Waals surface area contributed by atoms with Crippen LogP contribution < -0.4 is 15.5 Å². The Hall–Kier alpha value is -2.37. The molecule has 0 radical (unpaired) electrons. The Morgan fingerprint density at radius 1 is 1.25 bits per heavy atom. The average Bonchev–Trinajstić information content (AvgIpc) is 2.99. The zero-order valence-electron chi connectivity index (χ0n) is 14.3. The van der Waals surface area contributed by atoms with Gasteiger partial charge in [0.15, 0.2) is 0 Å². The van der Waals surface area contributed by atoms with Gasteiger partial charge in [-0.05, 0) is 37.5 Å². The van der Waals surface area contributed by atoms with Crippen LogP contribution in [0.2, 0.25) is 0 Å². The summed E-state index contributed by atoms with van der Waals surface area (Å²) < 4.78 is 0. The quantitative estimate of drug-likeness (QED) is 0.792. The fraction of sp³-hybridized carbons (Fsp3) is 0.500. The van der Waals surface area contributed by atoms with Crippen molar-refractivity contribution in [2.45, 2.75) is 45.6 Å². The molecule has 24 heavy (non-hydrogen) atoms. The molecule has 2 N–H and O–H groups in total. The second-order valence-electron chi connectivity index (χ2n) is 6.07. The summed E-state index contributed by atoms with van der Waals surface area (Å²) in [6, 6.07) is 6.88. The van der Waals surface area contributed by atoms with E-state index in [9.17, 15) is 14.4 Å². The third kappa shape index (κ3) is 4.81. The highest BCUT2D eigenvalue weighted by molar-refractivity contribution is 5.95. The van der Waals surface area contributed by atoms with Crippen molar-refractivity contribution in [1.29, 1.82) is 0 Å². The highest BCUT2D eigenvalue weighted by Crippen LogP contribution is 2.21. The topological polar surface area (TPSA) is 78.5 Å². The van der Waals surface area contributed by atoms with Crippen LogP contribution in [-0.4, -0.2) is 36.9 Å². The lowest BCUT2D eigenvalue weighted by Crippen LogP contribution is -2.45. The van der Waals surface area contributed by atoms with E-state index in [2.05, 4.69) is 10.6 Å². The highest BCUT2D eigenvalue weighted by atomic mass is 16.2. The SMILES string of the molecule is CCCNC(=O)[C@@H](C)NC(=O)Cc1ccc(N2CCCC2=O)cc1. The fourth-order valence-corrected chi connectivity index (χ4v) is 2.66. The predicted octanol–water partition coefficient (Wildman–Crippen LogP) is 1.39. The molecule has 1 aliphatic heterocycles. The number of benzene rings is 1. The minimum absolute atomic E-state index is 0.146. The van der Waals surface area contributed by atoms with E-state index in [-0.39, 0.29) is 24.1 Å². The van der Waals surface area contributed by atoms with Gasteiger partial charge in [0.2, 0.25) is 17.7 Å². The molecule has 1 aromatic carbocycles. The van der Waals surface area contributed by atoms with Gasteiger partial charge in [-0.1, -0.05) is 19.1 Å². The minimum atomic E-state index is -0.550. The summed E-state index contributed by atoms with van der Waals surface area (Å²) >= 11 is 0. The molecule has 2 rings (SSSR count). The van der Waals surface area contributed by atoms with Crippen LogP contribution in [-0.2, 0) is 20.8 Å². The minimum Gasteiger partial charge on any atom is -0.354 e. The van der Waals surface area contributed by atoms with E-state index < -0.39 is 6.04 Å². The van der Waals surface area contributed by atoms with E-state index in [4.69, 9.17) is 0 Å². The molecule has 0 aliphatic carbocycles. The lowest BCUT2D eigenvalue weighted by atomic mass is 10.1. The van der Waals surface area contributed by atoms with E-state index in [0.717, 1.165) is 30.6 Å².